The smallest absolute Gasteiger partial charge is 0.262 e. The van der Waals surface area contributed by atoms with Crippen LogP contribution in [0.5, 0.6) is 0 Å². The SMILES string of the molecule is CCc1ccc(C(NC(=O)c2ccc3c(=O)n(CCCOC)c(=S)[nH]c3c2)C(C)C)cc1. The number of benzene rings is 2. The number of amides is 1. The molecule has 3 aromatic rings. The molecule has 1 atom stereocenters. The standard InChI is InChI=1S/C25H31N3O3S/c1-5-17-7-9-18(10-8-17)22(16(2)3)27-23(29)19-11-12-20-21(15-19)26-25(32)28(24(20)30)13-6-14-31-4/h7-12,15-16,22H,5-6,13-14H2,1-4H3,(H,26,32)(H,27,29). The van der Waals surface area contributed by atoms with Crippen molar-refractivity contribution in [2.75, 3.05) is 13.7 Å². The van der Waals surface area contributed by atoms with Gasteiger partial charge in [-0.25, -0.2) is 0 Å². The summed E-state index contributed by atoms with van der Waals surface area (Å²) in [6.45, 7) is 7.32. The molecule has 0 saturated heterocycles. The Labute approximate surface area is 193 Å². The molecule has 2 N–H and O–H groups in total. The molecule has 1 amide bonds. The minimum atomic E-state index is -0.186. The third kappa shape index (κ3) is 5.34. The quantitative estimate of drug-likeness (QED) is 0.361. The van der Waals surface area contributed by atoms with Crippen LogP contribution >= 0.6 is 12.2 Å². The number of aromatic amines is 1. The van der Waals surface area contributed by atoms with E-state index < -0.39 is 0 Å². The third-order valence-electron chi connectivity index (χ3n) is 5.67. The van der Waals surface area contributed by atoms with E-state index in [0.717, 1.165) is 12.0 Å². The predicted octanol–water partition coefficient (Wildman–Crippen LogP) is 4.79. The fraction of sp³-hybridized carbons (Fsp3) is 0.400. The summed E-state index contributed by atoms with van der Waals surface area (Å²) in [6.07, 6.45) is 1.67. The second kappa shape index (κ2) is 10.7. The van der Waals surface area contributed by atoms with Gasteiger partial charge < -0.3 is 15.0 Å². The Morgan fingerprint density at radius 3 is 2.53 bits per heavy atom. The van der Waals surface area contributed by atoms with Crippen LogP contribution in [0.3, 0.4) is 0 Å². The summed E-state index contributed by atoms with van der Waals surface area (Å²) in [4.78, 5) is 29.0. The predicted molar refractivity (Wildman–Crippen MR) is 131 cm³/mol. The van der Waals surface area contributed by atoms with Gasteiger partial charge in [0, 0.05) is 25.8 Å². The van der Waals surface area contributed by atoms with Gasteiger partial charge in [0.05, 0.1) is 16.9 Å². The lowest BCUT2D eigenvalue weighted by molar-refractivity contribution is 0.0925. The van der Waals surface area contributed by atoms with Crippen LogP contribution in [0.1, 0.15) is 54.7 Å². The zero-order valence-corrected chi connectivity index (χ0v) is 19.9. The van der Waals surface area contributed by atoms with Gasteiger partial charge in [-0.2, -0.15) is 0 Å². The molecular weight excluding hydrogens is 422 g/mol. The van der Waals surface area contributed by atoms with Crippen molar-refractivity contribution in [1.29, 1.82) is 0 Å². The second-order valence-corrected chi connectivity index (χ2v) is 8.67. The molecule has 0 saturated carbocycles. The topological polar surface area (TPSA) is 76.1 Å². The van der Waals surface area contributed by atoms with Crippen LogP contribution in [-0.2, 0) is 17.7 Å². The lowest BCUT2D eigenvalue weighted by Gasteiger charge is -2.23. The van der Waals surface area contributed by atoms with E-state index in [1.54, 1.807) is 25.3 Å². The normalized spacial score (nSPS) is 12.3. The minimum Gasteiger partial charge on any atom is -0.385 e. The van der Waals surface area contributed by atoms with E-state index in [0.29, 0.717) is 40.8 Å². The summed E-state index contributed by atoms with van der Waals surface area (Å²) in [6, 6.07) is 13.3. The van der Waals surface area contributed by atoms with Gasteiger partial charge in [0.1, 0.15) is 0 Å². The number of nitrogens with one attached hydrogen (secondary N) is 2. The fourth-order valence-electron chi connectivity index (χ4n) is 3.79. The number of carbonyl (C=O) groups is 1. The first-order valence-electron chi connectivity index (χ1n) is 11.0. The van der Waals surface area contributed by atoms with E-state index in [-0.39, 0.29) is 23.4 Å². The number of aromatic nitrogens is 2. The number of nitrogens with zero attached hydrogens (tertiary/aromatic N) is 1. The van der Waals surface area contributed by atoms with Crippen molar-refractivity contribution in [2.45, 2.75) is 46.2 Å². The highest BCUT2D eigenvalue weighted by Crippen LogP contribution is 2.23. The Hall–Kier alpha value is -2.77. The first kappa shape index (κ1) is 23.9. The Morgan fingerprint density at radius 1 is 1.19 bits per heavy atom. The van der Waals surface area contributed by atoms with Gasteiger partial charge in [0.2, 0.25) is 0 Å². The second-order valence-electron chi connectivity index (χ2n) is 8.28. The molecule has 0 aliphatic carbocycles. The first-order valence-corrected chi connectivity index (χ1v) is 11.4. The molecule has 6 nitrogen and oxygen atoms in total. The van der Waals surface area contributed by atoms with Gasteiger partial charge in [-0.05, 0) is 60.3 Å². The fourth-order valence-corrected chi connectivity index (χ4v) is 4.07. The van der Waals surface area contributed by atoms with E-state index in [1.165, 1.54) is 10.1 Å². The number of ether oxygens (including phenoxy) is 1. The Morgan fingerprint density at radius 2 is 1.91 bits per heavy atom. The van der Waals surface area contributed by atoms with E-state index in [4.69, 9.17) is 17.0 Å². The average Bonchev–Trinajstić information content (AvgIpc) is 2.79. The number of fused-ring (bicyclic) bond motifs is 1. The summed E-state index contributed by atoms with van der Waals surface area (Å²) in [5.74, 6) is 0.0331. The van der Waals surface area contributed by atoms with Crippen molar-refractivity contribution in [3.05, 3.63) is 74.3 Å². The molecule has 0 fully saturated rings. The van der Waals surface area contributed by atoms with Gasteiger partial charge in [-0.1, -0.05) is 45.0 Å². The Balaban J connectivity index is 1.87. The van der Waals surface area contributed by atoms with Gasteiger partial charge >= 0.3 is 0 Å². The molecule has 170 valence electrons. The van der Waals surface area contributed by atoms with Crippen molar-refractivity contribution in [3.8, 4) is 0 Å². The van der Waals surface area contributed by atoms with Crippen molar-refractivity contribution in [3.63, 3.8) is 0 Å². The van der Waals surface area contributed by atoms with Gasteiger partial charge in [0.15, 0.2) is 4.77 Å². The van der Waals surface area contributed by atoms with Crippen LogP contribution in [0.4, 0.5) is 0 Å². The number of methoxy groups -OCH3 is 1. The molecule has 1 aromatic heterocycles. The van der Waals surface area contributed by atoms with Gasteiger partial charge in [0.25, 0.3) is 11.5 Å². The average molecular weight is 454 g/mol. The molecule has 0 aliphatic heterocycles. The zero-order valence-electron chi connectivity index (χ0n) is 19.1. The van der Waals surface area contributed by atoms with Crippen LogP contribution in [-0.4, -0.2) is 29.2 Å². The van der Waals surface area contributed by atoms with E-state index in [1.807, 2.05) is 0 Å². The summed E-state index contributed by atoms with van der Waals surface area (Å²) >= 11 is 5.38. The molecule has 32 heavy (non-hydrogen) atoms. The molecule has 3 rings (SSSR count). The molecule has 0 bridgehead atoms. The molecule has 0 spiro atoms. The summed E-state index contributed by atoms with van der Waals surface area (Å²) in [7, 11) is 1.63. The lowest BCUT2D eigenvalue weighted by Crippen LogP contribution is -2.32. The van der Waals surface area contributed by atoms with Crippen LogP contribution in [0.2, 0.25) is 0 Å². The number of aryl methyl sites for hydroxylation is 1. The maximum absolute atomic E-state index is 13.1. The van der Waals surface area contributed by atoms with Crippen molar-refractivity contribution in [1.82, 2.24) is 14.9 Å². The molecule has 0 aliphatic rings. The van der Waals surface area contributed by atoms with Crippen molar-refractivity contribution < 1.29 is 9.53 Å². The van der Waals surface area contributed by atoms with E-state index >= 15 is 0 Å². The number of hydrogen-bond donors (Lipinski definition) is 2. The highest BCUT2D eigenvalue weighted by Gasteiger charge is 2.20. The summed E-state index contributed by atoms with van der Waals surface area (Å²) < 4.78 is 6.93. The van der Waals surface area contributed by atoms with Crippen LogP contribution in [0.25, 0.3) is 10.9 Å². The Kier molecular flexibility index (Phi) is 7.99. The zero-order chi connectivity index (χ0) is 23.3. The molecule has 1 unspecified atom stereocenters. The van der Waals surface area contributed by atoms with Crippen molar-refractivity contribution in [2.24, 2.45) is 5.92 Å². The van der Waals surface area contributed by atoms with Crippen molar-refractivity contribution >= 4 is 29.0 Å². The van der Waals surface area contributed by atoms with Gasteiger partial charge in [-0.15, -0.1) is 0 Å². The first-order chi connectivity index (χ1) is 15.3. The molecule has 0 radical (unpaired) electrons. The third-order valence-corrected chi connectivity index (χ3v) is 6.00. The number of H-pyrrole nitrogens is 1. The Bertz CT molecular complexity index is 1200. The summed E-state index contributed by atoms with van der Waals surface area (Å²) in [5, 5.41) is 3.65. The van der Waals surface area contributed by atoms with E-state index in [9.17, 15) is 9.59 Å². The minimum absolute atomic E-state index is 0.114. The number of carbonyl (C=O) groups excluding carboxylic acids is 1. The monoisotopic (exact) mass is 453 g/mol. The highest BCUT2D eigenvalue weighted by atomic mass is 32.1. The van der Waals surface area contributed by atoms with Crippen LogP contribution in [0.15, 0.2) is 47.3 Å². The molecule has 7 heteroatoms. The maximum atomic E-state index is 13.1. The maximum Gasteiger partial charge on any atom is 0.262 e. The summed E-state index contributed by atoms with van der Waals surface area (Å²) in [5.41, 5.74) is 3.22. The van der Waals surface area contributed by atoms with E-state index in [2.05, 4.69) is 55.3 Å². The molecule has 2 aromatic carbocycles. The van der Waals surface area contributed by atoms with Gasteiger partial charge in [-0.3, -0.25) is 14.2 Å². The molecular formula is C25H31N3O3S. The largest absolute Gasteiger partial charge is 0.385 e. The van der Waals surface area contributed by atoms with Crippen LogP contribution in [0, 0.1) is 10.7 Å². The number of hydrogen-bond acceptors (Lipinski definition) is 4. The van der Waals surface area contributed by atoms with Crippen LogP contribution < -0.4 is 10.9 Å². The number of rotatable bonds is 9. The lowest BCUT2D eigenvalue weighted by atomic mass is 9.94. The highest BCUT2D eigenvalue weighted by molar-refractivity contribution is 7.71. The molecule has 1 heterocycles.